The lowest BCUT2D eigenvalue weighted by Gasteiger charge is -2.10. The highest BCUT2D eigenvalue weighted by molar-refractivity contribution is 5.97. The minimum atomic E-state index is 0.776. The summed E-state index contributed by atoms with van der Waals surface area (Å²) in [6.07, 6.45) is 7.28. The van der Waals surface area contributed by atoms with Gasteiger partial charge in [-0.15, -0.1) is 0 Å². The molecule has 4 rings (SSSR count). The molecule has 0 saturated carbocycles. The summed E-state index contributed by atoms with van der Waals surface area (Å²) in [6, 6.07) is 8.08. The van der Waals surface area contributed by atoms with Crippen molar-refractivity contribution in [3.05, 3.63) is 54.7 Å². The SMILES string of the molecule is COc1ccc(-c2cnc3cnccn23)c2ccc(C)nc12. The Morgan fingerprint density at radius 2 is 2.00 bits per heavy atom. The van der Waals surface area contributed by atoms with Crippen LogP contribution in [0.1, 0.15) is 5.69 Å². The molecule has 0 atom stereocenters. The molecule has 5 nitrogen and oxygen atoms in total. The fourth-order valence-corrected chi connectivity index (χ4v) is 2.72. The molecule has 4 aromatic rings. The van der Waals surface area contributed by atoms with Gasteiger partial charge in [-0.05, 0) is 25.1 Å². The summed E-state index contributed by atoms with van der Waals surface area (Å²) in [6.45, 7) is 1.98. The monoisotopic (exact) mass is 290 g/mol. The normalized spacial score (nSPS) is 11.2. The molecule has 5 heteroatoms. The highest BCUT2D eigenvalue weighted by Gasteiger charge is 2.13. The van der Waals surface area contributed by atoms with Crippen LogP contribution in [0.15, 0.2) is 49.1 Å². The third-order valence-corrected chi connectivity index (χ3v) is 3.77. The van der Waals surface area contributed by atoms with Crippen LogP contribution in [-0.4, -0.2) is 26.5 Å². The second kappa shape index (κ2) is 4.80. The van der Waals surface area contributed by atoms with E-state index < -0.39 is 0 Å². The van der Waals surface area contributed by atoms with Gasteiger partial charge in [-0.2, -0.15) is 0 Å². The Morgan fingerprint density at radius 1 is 1.09 bits per heavy atom. The molecule has 0 aliphatic carbocycles. The van der Waals surface area contributed by atoms with Crippen LogP contribution in [0.3, 0.4) is 0 Å². The fraction of sp³-hybridized carbons (Fsp3) is 0.118. The first-order chi connectivity index (χ1) is 10.8. The second-order valence-electron chi connectivity index (χ2n) is 5.11. The molecule has 0 aliphatic heterocycles. The average Bonchev–Trinajstić information content (AvgIpc) is 2.97. The van der Waals surface area contributed by atoms with Gasteiger partial charge in [0.05, 0.1) is 25.2 Å². The molecule has 0 amide bonds. The number of hydrogen-bond acceptors (Lipinski definition) is 4. The van der Waals surface area contributed by atoms with Gasteiger partial charge >= 0.3 is 0 Å². The summed E-state index contributed by atoms with van der Waals surface area (Å²) in [7, 11) is 1.67. The Bertz CT molecular complexity index is 990. The Labute approximate surface area is 127 Å². The van der Waals surface area contributed by atoms with E-state index in [2.05, 4.69) is 21.0 Å². The molecular weight excluding hydrogens is 276 g/mol. The van der Waals surface area contributed by atoms with E-state index in [0.717, 1.165) is 39.3 Å². The van der Waals surface area contributed by atoms with Gasteiger partial charge in [0.1, 0.15) is 11.3 Å². The van der Waals surface area contributed by atoms with Crippen molar-refractivity contribution in [2.45, 2.75) is 6.92 Å². The largest absolute Gasteiger partial charge is 0.494 e. The number of ether oxygens (including phenoxy) is 1. The zero-order valence-corrected chi connectivity index (χ0v) is 12.3. The van der Waals surface area contributed by atoms with Crippen molar-refractivity contribution in [2.75, 3.05) is 7.11 Å². The predicted octanol–water partition coefficient (Wildman–Crippen LogP) is 3.26. The molecule has 1 aromatic carbocycles. The number of imidazole rings is 1. The number of aryl methyl sites for hydroxylation is 1. The highest BCUT2D eigenvalue weighted by atomic mass is 16.5. The first kappa shape index (κ1) is 12.8. The minimum absolute atomic E-state index is 0.776. The van der Waals surface area contributed by atoms with Crippen molar-refractivity contribution in [2.24, 2.45) is 0 Å². The van der Waals surface area contributed by atoms with E-state index in [9.17, 15) is 0 Å². The van der Waals surface area contributed by atoms with Crippen LogP contribution in [-0.2, 0) is 0 Å². The van der Waals surface area contributed by atoms with Crippen molar-refractivity contribution >= 4 is 16.6 Å². The standard InChI is InChI=1S/C17H14N4O/c1-11-3-4-13-12(5-6-15(22-2)17(13)20-11)14-9-19-16-10-18-7-8-21(14)16/h3-10H,1-2H3. The smallest absolute Gasteiger partial charge is 0.155 e. The highest BCUT2D eigenvalue weighted by Crippen LogP contribution is 2.33. The fourth-order valence-electron chi connectivity index (χ4n) is 2.72. The van der Waals surface area contributed by atoms with Crippen molar-refractivity contribution in [3.8, 4) is 17.0 Å². The van der Waals surface area contributed by atoms with Crippen LogP contribution in [0.5, 0.6) is 5.75 Å². The molecule has 3 aromatic heterocycles. The lowest BCUT2D eigenvalue weighted by atomic mass is 10.0. The summed E-state index contributed by atoms with van der Waals surface area (Å²) >= 11 is 0. The van der Waals surface area contributed by atoms with Gasteiger partial charge in [-0.3, -0.25) is 9.38 Å². The maximum Gasteiger partial charge on any atom is 0.155 e. The van der Waals surface area contributed by atoms with E-state index >= 15 is 0 Å². The van der Waals surface area contributed by atoms with E-state index in [0.29, 0.717) is 0 Å². The minimum Gasteiger partial charge on any atom is -0.494 e. The van der Waals surface area contributed by atoms with Gasteiger partial charge in [0.25, 0.3) is 0 Å². The quantitative estimate of drug-likeness (QED) is 0.568. The summed E-state index contributed by atoms with van der Waals surface area (Å²) < 4.78 is 7.47. The first-order valence-electron chi connectivity index (χ1n) is 7.00. The molecule has 0 bridgehead atoms. The molecular formula is C17H14N4O. The predicted molar refractivity (Wildman–Crippen MR) is 85.0 cm³/mol. The lowest BCUT2D eigenvalue weighted by Crippen LogP contribution is -1.94. The lowest BCUT2D eigenvalue weighted by molar-refractivity contribution is 0.419. The molecule has 22 heavy (non-hydrogen) atoms. The van der Waals surface area contributed by atoms with Gasteiger partial charge in [-0.1, -0.05) is 6.07 Å². The number of fused-ring (bicyclic) bond motifs is 2. The molecule has 0 saturated heterocycles. The van der Waals surface area contributed by atoms with Crippen molar-refractivity contribution in [1.82, 2.24) is 19.4 Å². The van der Waals surface area contributed by atoms with Gasteiger partial charge in [0.15, 0.2) is 5.65 Å². The van der Waals surface area contributed by atoms with E-state index in [4.69, 9.17) is 4.74 Å². The third kappa shape index (κ3) is 1.83. The average molecular weight is 290 g/mol. The van der Waals surface area contributed by atoms with E-state index in [1.165, 1.54) is 0 Å². The van der Waals surface area contributed by atoms with Gasteiger partial charge < -0.3 is 4.74 Å². The molecule has 0 radical (unpaired) electrons. The number of methoxy groups -OCH3 is 1. The number of benzene rings is 1. The maximum atomic E-state index is 5.45. The number of hydrogen-bond donors (Lipinski definition) is 0. The molecule has 0 unspecified atom stereocenters. The van der Waals surface area contributed by atoms with Crippen LogP contribution in [0.25, 0.3) is 27.8 Å². The summed E-state index contributed by atoms with van der Waals surface area (Å²) in [5.74, 6) is 0.776. The summed E-state index contributed by atoms with van der Waals surface area (Å²) in [5.41, 5.74) is 4.73. The van der Waals surface area contributed by atoms with Crippen LogP contribution in [0, 0.1) is 6.92 Å². The van der Waals surface area contributed by atoms with E-state index in [1.54, 1.807) is 19.5 Å². The zero-order chi connectivity index (χ0) is 15.1. The third-order valence-electron chi connectivity index (χ3n) is 3.77. The van der Waals surface area contributed by atoms with Crippen molar-refractivity contribution in [3.63, 3.8) is 0 Å². The van der Waals surface area contributed by atoms with Crippen molar-refractivity contribution < 1.29 is 4.74 Å². The molecule has 0 spiro atoms. The van der Waals surface area contributed by atoms with Crippen LogP contribution in [0.2, 0.25) is 0 Å². The number of pyridine rings is 1. The molecule has 0 N–H and O–H groups in total. The number of rotatable bonds is 2. The molecule has 108 valence electrons. The van der Waals surface area contributed by atoms with Crippen LogP contribution < -0.4 is 4.74 Å². The Morgan fingerprint density at radius 3 is 2.86 bits per heavy atom. The van der Waals surface area contributed by atoms with Crippen LogP contribution >= 0.6 is 0 Å². The van der Waals surface area contributed by atoms with E-state index in [-0.39, 0.29) is 0 Å². The Balaban J connectivity index is 2.07. The first-order valence-corrected chi connectivity index (χ1v) is 7.00. The molecule has 3 heterocycles. The maximum absolute atomic E-state index is 5.45. The Hall–Kier alpha value is -2.95. The van der Waals surface area contributed by atoms with Crippen molar-refractivity contribution in [1.29, 1.82) is 0 Å². The van der Waals surface area contributed by atoms with Gasteiger partial charge in [-0.25, -0.2) is 9.97 Å². The molecule has 0 fully saturated rings. The summed E-state index contributed by atoms with van der Waals surface area (Å²) in [4.78, 5) is 13.1. The number of aromatic nitrogens is 4. The second-order valence-corrected chi connectivity index (χ2v) is 5.11. The topological polar surface area (TPSA) is 52.3 Å². The number of nitrogens with zero attached hydrogens (tertiary/aromatic N) is 4. The summed E-state index contributed by atoms with van der Waals surface area (Å²) in [5, 5.41) is 1.04. The van der Waals surface area contributed by atoms with E-state index in [1.807, 2.05) is 41.9 Å². The van der Waals surface area contributed by atoms with Gasteiger partial charge in [0, 0.05) is 29.0 Å². The Kier molecular flexibility index (Phi) is 2.79. The van der Waals surface area contributed by atoms with Crippen LogP contribution in [0.4, 0.5) is 0 Å². The zero-order valence-electron chi connectivity index (χ0n) is 12.3. The molecule has 0 aliphatic rings. The van der Waals surface area contributed by atoms with Gasteiger partial charge in [0.2, 0.25) is 0 Å².